The summed E-state index contributed by atoms with van der Waals surface area (Å²) in [6, 6.07) is 5.80. The van der Waals surface area contributed by atoms with Crippen molar-refractivity contribution in [3.8, 4) is 0 Å². The van der Waals surface area contributed by atoms with Crippen molar-refractivity contribution < 1.29 is 9.53 Å². The van der Waals surface area contributed by atoms with Crippen LogP contribution in [0.3, 0.4) is 0 Å². The molecule has 1 unspecified atom stereocenters. The van der Waals surface area contributed by atoms with Crippen molar-refractivity contribution in [3.05, 3.63) is 46.6 Å². The number of hydrogen-bond donors (Lipinski definition) is 1. The Morgan fingerprint density at radius 3 is 3.10 bits per heavy atom. The minimum absolute atomic E-state index is 0.130. The number of hydrogen-bond acceptors (Lipinski definition) is 2. The molecule has 1 heterocycles. The van der Waals surface area contributed by atoms with E-state index in [9.17, 15) is 4.79 Å². The quantitative estimate of drug-likeness (QED) is 0.669. The molecule has 0 amide bonds. The Morgan fingerprint density at radius 1 is 1.43 bits per heavy atom. The molecule has 4 rings (SSSR count). The number of H-pyrrole nitrogens is 1. The summed E-state index contributed by atoms with van der Waals surface area (Å²) in [5.74, 6) is 0.262. The lowest BCUT2D eigenvalue weighted by molar-refractivity contribution is -0.146. The van der Waals surface area contributed by atoms with Crippen LogP contribution in [0.1, 0.15) is 36.4 Å². The van der Waals surface area contributed by atoms with E-state index in [1.165, 1.54) is 0 Å². The molecule has 1 aromatic carbocycles. The van der Waals surface area contributed by atoms with Gasteiger partial charge in [0.2, 0.25) is 0 Å². The average Bonchev–Trinajstić information content (AvgIpc) is 3.03. The Kier molecular flexibility index (Phi) is 2.86. The van der Waals surface area contributed by atoms with Gasteiger partial charge in [0.25, 0.3) is 0 Å². The van der Waals surface area contributed by atoms with Crippen LogP contribution < -0.4 is 0 Å². The fourth-order valence-corrected chi connectivity index (χ4v) is 3.93. The zero-order valence-electron chi connectivity index (χ0n) is 11.7. The first-order chi connectivity index (χ1) is 10.2. The van der Waals surface area contributed by atoms with Crippen LogP contribution in [-0.2, 0) is 9.53 Å². The maximum atomic E-state index is 12.5. The van der Waals surface area contributed by atoms with E-state index in [0.717, 1.165) is 28.6 Å². The van der Waals surface area contributed by atoms with Gasteiger partial charge in [-0.05, 0) is 43.0 Å². The van der Waals surface area contributed by atoms with Crippen LogP contribution in [0.2, 0.25) is 5.02 Å². The van der Waals surface area contributed by atoms with Crippen LogP contribution in [-0.4, -0.2) is 17.6 Å². The lowest BCUT2D eigenvalue weighted by atomic mass is 9.76. The second-order valence-corrected chi connectivity index (χ2v) is 6.20. The second kappa shape index (κ2) is 4.63. The largest absolute Gasteiger partial charge is 0.466 e. The van der Waals surface area contributed by atoms with Crippen LogP contribution in [0.15, 0.2) is 30.4 Å². The Labute approximate surface area is 127 Å². The Balaban J connectivity index is 1.95. The van der Waals surface area contributed by atoms with E-state index >= 15 is 0 Å². The Bertz CT molecular complexity index is 761. The molecule has 2 aromatic rings. The summed E-state index contributed by atoms with van der Waals surface area (Å²) in [7, 11) is 0. The molecular weight excluding hydrogens is 286 g/mol. The van der Waals surface area contributed by atoms with Gasteiger partial charge in [0.15, 0.2) is 0 Å². The molecule has 1 N–H and O–H groups in total. The molecule has 0 saturated carbocycles. The summed E-state index contributed by atoms with van der Waals surface area (Å²) in [4.78, 5) is 16.0. The maximum absolute atomic E-state index is 12.5. The fourth-order valence-electron chi connectivity index (χ4n) is 3.76. The highest BCUT2D eigenvalue weighted by molar-refractivity contribution is 6.31. The van der Waals surface area contributed by atoms with E-state index < -0.39 is 0 Å². The van der Waals surface area contributed by atoms with Gasteiger partial charge in [0.05, 0.1) is 12.5 Å². The van der Waals surface area contributed by atoms with Gasteiger partial charge >= 0.3 is 5.97 Å². The molecule has 2 aliphatic rings. The molecule has 0 aliphatic heterocycles. The van der Waals surface area contributed by atoms with Gasteiger partial charge in [-0.1, -0.05) is 23.8 Å². The number of allylic oxidation sites excluding steroid dienone is 2. The molecule has 0 fully saturated rings. The number of nitrogens with one attached hydrogen (secondary N) is 1. The lowest BCUT2D eigenvalue weighted by Gasteiger charge is -2.28. The minimum Gasteiger partial charge on any atom is -0.466 e. The summed E-state index contributed by atoms with van der Waals surface area (Å²) in [5, 5.41) is 1.74. The van der Waals surface area contributed by atoms with E-state index in [-0.39, 0.29) is 17.8 Å². The highest BCUT2D eigenvalue weighted by Crippen LogP contribution is 2.51. The van der Waals surface area contributed by atoms with E-state index in [0.29, 0.717) is 17.5 Å². The standard InChI is InChI=1S/C17H16ClNO2/c1-2-21-17(20)14-9-3-4-10(7-9)16-15(14)12-8-11(18)5-6-13(12)19-16/h3-6,8-10,14,19H,2,7H2,1H3/t9-,10?,14+/m1/s1. The van der Waals surface area contributed by atoms with Crippen LogP contribution in [0.25, 0.3) is 10.9 Å². The van der Waals surface area contributed by atoms with Crippen molar-refractivity contribution in [2.24, 2.45) is 5.92 Å². The second-order valence-electron chi connectivity index (χ2n) is 5.76. The molecule has 0 spiro atoms. The summed E-state index contributed by atoms with van der Waals surface area (Å²) >= 11 is 6.15. The molecule has 3 atom stereocenters. The molecule has 3 nitrogen and oxygen atoms in total. The van der Waals surface area contributed by atoms with E-state index in [1.54, 1.807) is 0 Å². The minimum atomic E-state index is -0.220. The summed E-state index contributed by atoms with van der Waals surface area (Å²) < 4.78 is 5.32. The number of aromatic amines is 1. The highest BCUT2D eigenvalue weighted by atomic mass is 35.5. The number of aromatic nitrogens is 1. The normalized spacial score (nSPS) is 26.1. The topological polar surface area (TPSA) is 42.1 Å². The van der Waals surface area contributed by atoms with Gasteiger partial charge in [-0.15, -0.1) is 0 Å². The number of carbonyl (C=O) groups is 1. The van der Waals surface area contributed by atoms with Gasteiger partial charge in [-0.3, -0.25) is 4.79 Å². The first kappa shape index (κ1) is 13.0. The molecule has 21 heavy (non-hydrogen) atoms. The molecule has 108 valence electrons. The van der Waals surface area contributed by atoms with Crippen molar-refractivity contribution in [1.82, 2.24) is 4.98 Å². The fraction of sp³-hybridized carbons (Fsp3) is 0.353. The summed E-state index contributed by atoms with van der Waals surface area (Å²) in [5.41, 5.74) is 3.27. The van der Waals surface area contributed by atoms with Crippen LogP contribution in [0.5, 0.6) is 0 Å². The first-order valence-corrected chi connectivity index (χ1v) is 7.72. The van der Waals surface area contributed by atoms with Gasteiger partial charge < -0.3 is 9.72 Å². The number of fused-ring (bicyclic) bond motifs is 6. The number of halogens is 1. The van der Waals surface area contributed by atoms with Crippen molar-refractivity contribution in [1.29, 1.82) is 0 Å². The van der Waals surface area contributed by atoms with E-state index in [4.69, 9.17) is 16.3 Å². The number of ether oxygens (including phenoxy) is 1. The smallest absolute Gasteiger partial charge is 0.314 e. The maximum Gasteiger partial charge on any atom is 0.314 e. The third-order valence-electron chi connectivity index (χ3n) is 4.60. The van der Waals surface area contributed by atoms with Crippen molar-refractivity contribution in [2.45, 2.75) is 25.2 Å². The average molecular weight is 302 g/mol. The van der Waals surface area contributed by atoms with Crippen molar-refractivity contribution >= 4 is 28.5 Å². The van der Waals surface area contributed by atoms with Crippen molar-refractivity contribution in [2.75, 3.05) is 6.61 Å². The summed E-state index contributed by atoms with van der Waals surface area (Å²) in [6.45, 7) is 2.26. The Morgan fingerprint density at radius 2 is 2.29 bits per heavy atom. The number of benzene rings is 1. The van der Waals surface area contributed by atoms with Crippen molar-refractivity contribution in [3.63, 3.8) is 0 Å². The predicted octanol–water partition coefficient (Wildman–Crippen LogP) is 4.14. The SMILES string of the molecule is CCOC(=O)[C@@H]1c2c([nH]c3ccc(Cl)cc23)C2C=C[C@@H]1C2. The zero-order valence-corrected chi connectivity index (χ0v) is 12.5. The first-order valence-electron chi connectivity index (χ1n) is 7.35. The van der Waals surface area contributed by atoms with Gasteiger partial charge in [-0.2, -0.15) is 0 Å². The van der Waals surface area contributed by atoms with Crippen LogP contribution >= 0.6 is 11.6 Å². The van der Waals surface area contributed by atoms with Gasteiger partial charge in [0, 0.05) is 27.5 Å². The molecule has 0 radical (unpaired) electrons. The van der Waals surface area contributed by atoms with Crippen LogP contribution in [0.4, 0.5) is 0 Å². The molecular formula is C17H16ClNO2. The lowest BCUT2D eigenvalue weighted by Crippen LogP contribution is -2.26. The van der Waals surface area contributed by atoms with E-state index in [1.807, 2.05) is 25.1 Å². The van der Waals surface area contributed by atoms with Crippen LogP contribution in [0, 0.1) is 5.92 Å². The van der Waals surface area contributed by atoms with Gasteiger partial charge in [-0.25, -0.2) is 0 Å². The number of esters is 1. The van der Waals surface area contributed by atoms with E-state index in [2.05, 4.69) is 17.1 Å². The number of rotatable bonds is 2. The Hall–Kier alpha value is -1.74. The molecule has 2 bridgehead atoms. The third-order valence-corrected chi connectivity index (χ3v) is 4.83. The monoisotopic (exact) mass is 301 g/mol. The molecule has 2 aliphatic carbocycles. The molecule has 0 saturated heterocycles. The molecule has 4 heteroatoms. The van der Waals surface area contributed by atoms with Gasteiger partial charge in [0.1, 0.15) is 0 Å². The third kappa shape index (κ3) is 1.84. The zero-order chi connectivity index (χ0) is 14.6. The molecule has 1 aromatic heterocycles. The number of carbonyl (C=O) groups excluding carboxylic acids is 1. The predicted molar refractivity (Wildman–Crippen MR) is 82.7 cm³/mol. The highest BCUT2D eigenvalue weighted by Gasteiger charge is 2.43. The summed E-state index contributed by atoms with van der Waals surface area (Å²) in [6.07, 6.45) is 5.35.